The zero-order valence-electron chi connectivity index (χ0n) is 10.7. The molecule has 1 aromatic carbocycles. The summed E-state index contributed by atoms with van der Waals surface area (Å²) in [6, 6.07) is 4.64. The largest absolute Gasteiger partial charge is 0.308 e. The van der Waals surface area contributed by atoms with Gasteiger partial charge < -0.3 is 5.43 Å². The molecule has 0 amide bonds. The van der Waals surface area contributed by atoms with Gasteiger partial charge in [0.05, 0.1) is 0 Å². The van der Waals surface area contributed by atoms with Crippen molar-refractivity contribution in [3.05, 3.63) is 40.8 Å². The minimum Gasteiger partial charge on any atom is -0.308 e. The van der Waals surface area contributed by atoms with Crippen molar-refractivity contribution in [3.63, 3.8) is 0 Å². The topological polar surface area (TPSA) is 63.8 Å². The highest BCUT2D eigenvalue weighted by molar-refractivity contribution is 5.63. The summed E-state index contributed by atoms with van der Waals surface area (Å²) in [6.07, 6.45) is 2.93. The number of fused-ring (bicyclic) bond motifs is 1. The van der Waals surface area contributed by atoms with E-state index in [1.165, 1.54) is 12.1 Å². The van der Waals surface area contributed by atoms with Crippen molar-refractivity contribution in [2.75, 3.05) is 5.43 Å². The molecule has 5 heteroatoms. The van der Waals surface area contributed by atoms with E-state index in [-0.39, 0.29) is 5.82 Å². The number of nitrogens with zero attached hydrogens (tertiary/aromatic N) is 2. The standard InChI is InChI=1S/C14H15FN4/c1-8-5-6-9(15)7-11(8)13-17-12-4-2-3-10(12)14(18-13)19-16/h5-7H,2-4,16H2,1H3,(H,17,18,19). The van der Waals surface area contributed by atoms with Crippen molar-refractivity contribution in [1.82, 2.24) is 9.97 Å². The number of benzene rings is 1. The molecule has 0 aliphatic heterocycles. The molecule has 0 radical (unpaired) electrons. The van der Waals surface area contributed by atoms with E-state index in [1.807, 2.05) is 6.92 Å². The van der Waals surface area contributed by atoms with Crippen molar-refractivity contribution in [1.29, 1.82) is 0 Å². The van der Waals surface area contributed by atoms with Gasteiger partial charge in [0.1, 0.15) is 11.6 Å². The lowest BCUT2D eigenvalue weighted by molar-refractivity contribution is 0.627. The molecule has 0 unspecified atom stereocenters. The summed E-state index contributed by atoms with van der Waals surface area (Å²) >= 11 is 0. The average molecular weight is 258 g/mol. The first kappa shape index (κ1) is 12.0. The number of aromatic nitrogens is 2. The van der Waals surface area contributed by atoms with Gasteiger partial charge in [0.2, 0.25) is 0 Å². The fourth-order valence-electron chi connectivity index (χ4n) is 2.51. The smallest absolute Gasteiger partial charge is 0.162 e. The molecule has 0 saturated carbocycles. The number of aryl methyl sites for hydroxylation is 2. The average Bonchev–Trinajstić information content (AvgIpc) is 2.88. The highest BCUT2D eigenvalue weighted by Gasteiger charge is 2.20. The summed E-state index contributed by atoms with van der Waals surface area (Å²) < 4.78 is 13.4. The van der Waals surface area contributed by atoms with Crippen LogP contribution < -0.4 is 11.3 Å². The van der Waals surface area contributed by atoms with Crippen LogP contribution in [0.3, 0.4) is 0 Å². The second-order valence-corrected chi connectivity index (χ2v) is 4.78. The number of anilines is 1. The number of hydrazine groups is 1. The highest BCUT2D eigenvalue weighted by atomic mass is 19.1. The van der Waals surface area contributed by atoms with Gasteiger partial charge in [-0.15, -0.1) is 0 Å². The Morgan fingerprint density at radius 2 is 2.11 bits per heavy atom. The molecule has 4 nitrogen and oxygen atoms in total. The molecule has 2 aromatic rings. The van der Waals surface area contributed by atoms with Crippen LogP contribution in [0.4, 0.5) is 10.2 Å². The third-order valence-electron chi connectivity index (χ3n) is 3.51. The molecule has 1 aromatic heterocycles. The first-order valence-corrected chi connectivity index (χ1v) is 6.32. The Hall–Kier alpha value is -2.01. The van der Waals surface area contributed by atoms with Gasteiger partial charge in [-0.3, -0.25) is 0 Å². The SMILES string of the molecule is Cc1ccc(F)cc1-c1nc2c(c(NN)n1)CCC2. The Morgan fingerprint density at radius 3 is 2.89 bits per heavy atom. The molecule has 0 bridgehead atoms. The van der Waals surface area contributed by atoms with Crippen LogP contribution in [0.1, 0.15) is 23.2 Å². The van der Waals surface area contributed by atoms with Gasteiger partial charge in [0, 0.05) is 16.8 Å². The molecule has 1 heterocycles. The first-order valence-electron chi connectivity index (χ1n) is 6.32. The van der Waals surface area contributed by atoms with E-state index in [1.54, 1.807) is 6.07 Å². The lowest BCUT2D eigenvalue weighted by Gasteiger charge is -2.11. The number of hydrogen-bond acceptors (Lipinski definition) is 4. The molecular weight excluding hydrogens is 243 g/mol. The Labute approximate surface area is 110 Å². The molecule has 0 saturated heterocycles. The number of hydrogen-bond donors (Lipinski definition) is 2. The van der Waals surface area contributed by atoms with E-state index in [0.717, 1.165) is 36.1 Å². The van der Waals surface area contributed by atoms with Gasteiger partial charge in [-0.05, 0) is 43.9 Å². The van der Waals surface area contributed by atoms with Crippen molar-refractivity contribution < 1.29 is 4.39 Å². The minimum atomic E-state index is -0.285. The normalized spacial score (nSPS) is 13.4. The van der Waals surface area contributed by atoms with Gasteiger partial charge in [-0.25, -0.2) is 20.2 Å². The van der Waals surface area contributed by atoms with Gasteiger partial charge in [0.25, 0.3) is 0 Å². The van der Waals surface area contributed by atoms with E-state index >= 15 is 0 Å². The number of nitrogens with one attached hydrogen (secondary N) is 1. The van der Waals surface area contributed by atoms with Gasteiger partial charge >= 0.3 is 0 Å². The summed E-state index contributed by atoms with van der Waals surface area (Å²) in [6.45, 7) is 1.92. The number of nitrogen functional groups attached to an aromatic ring is 1. The second-order valence-electron chi connectivity index (χ2n) is 4.78. The van der Waals surface area contributed by atoms with E-state index in [9.17, 15) is 4.39 Å². The molecule has 19 heavy (non-hydrogen) atoms. The van der Waals surface area contributed by atoms with Crippen LogP contribution in [0.25, 0.3) is 11.4 Å². The lowest BCUT2D eigenvalue weighted by atomic mass is 10.1. The number of halogens is 1. The molecule has 0 atom stereocenters. The molecule has 0 spiro atoms. The molecule has 98 valence electrons. The van der Waals surface area contributed by atoms with Gasteiger partial charge in [-0.1, -0.05) is 6.07 Å². The summed E-state index contributed by atoms with van der Waals surface area (Å²) in [7, 11) is 0. The van der Waals surface area contributed by atoms with E-state index in [4.69, 9.17) is 5.84 Å². The van der Waals surface area contributed by atoms with Crippen molar-refractivity contribution in [2.24, 2.45) is 5.84 Å². The fraction of sp³-hybridized carbons (Fsp3) is 0.286. The van der Waals surface area contributed by atoms with Crippen LogP contribution in [0.15, 0.2) is 18.2 Å². The van der Waals surface area contributed by atoms with E-state index < -0.39 is 0 Å². The second kappa shape index (κ2) is 4.59. The zero-order valence-corrected chi connectivity index (χ0v) is 10.7. The zero-order chi connectivity index (χ0) is 13.4. The number of rotatable bonds is 2. The predicted molar refractivity (Wildman–Crippen MR) is 72.0 cm³/mol. The maximum absolute atomic E-state index is 13.4. The minimum absolute atomic E-state index is 0.285. The summed E-state index contributed by atoms with van der Waals surface area (Å²) in [4.78, 5) is 8.98. The van der Waals surface area contributed by atoms with Crippen molar-refractivity contribution in [2.45, 2.75) is 26.2 Å². The Morgan fingerprint density at radius 1 is 1.26 bits per heavy atom. The molecular formula is C14H15FN4. The molecule has 3 rings (SSSR count). The third-order valence-corrected chi connectivity index (χ3v) is 3.51. The van der Waals surface area contributed by atoms with Crippen molar-refractivity contribution >= 4 is 5.82 Å². The van der Waals surface area contributed by atoms with E-state index in [0.29, 0.717) is 17.2 Å². The highest BCUT2D eigenvalue weighted by Crippen LogP contribution is 2.30. The van der Waals surface area contributed by atoms with Crippen LogP contribution in [0.2, 0.25) is 0 Å². The fourth-order valence-corrected chi connectivity index (χ4v) is 2.51. The summed E-state index contributed by atoms with van der Waals surface area (Å²) in [5, 5.41) is 0. The van der Waals surface area contributed by atoms with Crippen LogP contribution >= 0.6 is 0 Å². The van der Waals surface area contributed by atoms with Crippen LogP contribution in [-0.2, 0) is 12.8 Å². The van der Waals surface area contributed by atoms with Gasteiger partial charge in [-0.2, -0.15) is 0 Å². The predicted octanol–water partition coefficient (Wildman–Crippen LogP) is 2.37. The molecule has 1 aliphatic rings. The summed E-state index contributed by atoms with van der Waals surface area (Å²) in [5.41, 5.74) is 6.39. The van der Waals surface area contributed by atoms with Crippen molar-refractivity contribution in [3.8, 4) is 11.4 Å². The lowest BCUT2D eigenvalue weighted by Crippen LogP contribution is -2.13. The summed E-state index contributed by atoms with van der Waals surface area (Å²) in [5.74, 6) is 6.43. The maximum Gasteiger partial charge on any atom is 0.162 e. The van der Waals surface area contributed by atoms with Gasteiger partial charge in [0.15, 0.2) is 5.82 Å². The number of nitrogens with two attached hydrogens (primary N) is 1. The van der Waals surface area contributed by atoms with Crippen LogP contribution in [0.5, 0.6) is 0 Å². The Bertz CT molecular complexity index is 640. The van der Waals surface area contributed by atoms with E-state index in [2.05, 4.69) is 15.4 Å². The monoisotopic (exact) mass is 258 g/mol. The Balaban J connectivity index is 2.18. The Kier molecular flexibility index (Phi) is 2.91. The quantitative estimate of drug-likeness (QED) is 0.641. The molecule has 3 N–H and O–H groups in total. The molecule has 1 aliphatic carbocycles. The molecule has 0 fully saturated rings. The third kappa shape index (κ3) is 2.06. The van der Waals surface area contributed by atoms with Crippen LogP contribution in [0, 0.1) is 12.7 Å². The first-order chi connectivity index (χ1) is 9.19. The van der Waals surface area contributed by atoms with Crippen LogP contribution in [-0.4, -0.2) is 9.97 Å². The maximum atomic E-state index is 13.4.